The van der Waals surface area contributed by atoms with E-state index in [1.807, 2.05) is 12.1 Å². The van der Waals surface area contributed by atoms with E-state index in [2.05, 4.69) is 27.9 Å². The molecule has 0 unspecified atom stereocenters. The molecule has 0 aliphatic carbocycles. The third-order valence-corrected chi connectivity index (χ3v) is 7.04. The summed E-state index contributed by atoms with van der Waals surface area (Å²) in [6, 6.07) is 17.6. The van der Waals surface area contributed by atoms with Gasteiger partial charge in [0, 0.05) is 16.3 Å². The minimum absolute atomic E-state index is 0.0504. The number of ether oxygens (including phenoxy) is 2. The molecule has 0 radical (unpaired) electrons. The fourth-order valence-electron chi connectivity index (χ4n) is 2.72. The summed E-state index contributed by atoms with van der Waals surface area (Å²) >= 11 is 2.14. The molecule has 0 fully saturated rings. The number of rotatable bonds is 9. The van der Waals surface area contributed by atoms with Gasteiger partial charge in [-0.1, -0.05) is 0 Å². The van der Waals surface area contributed by atoms with Gasteiger partial charge in [0.05, 0.1) is 10.6 Å². The largest absolute Gasteiger partial charge is 0.482 e. The lowest BCUT2D eigenvalue weighted by Gasteiger charge is -2.19. The van der Waals surface area contributed by atoms with E-state index in [1.165, 1.54) is 43.4 Å². The molecule has 3 rings (SSSR count). The number of benzene rings is 3. The van der Waals surface area contributed by atoms with Gasteiger partial charge in [-0.25, -0.2) is 17.6 Å². The minimum atomic E-state index is -3.87. The summed E-state index contributed by atoms with van der Waals surface area (Å²) in [6.07, 6.45) is 0. The summed E-state index contributed by atoms with van der Waals surface area (Å²) in [5.41, 5.74) is 0.927. The van der Waals surface area contributed by atoms with E-state index in [0.717, 1.165) is 20.0 Å². The molecule has 0 saturated heterocycles. The Balaban J connectivity index is 1.48. The fourth-order valence-corrected chi connectivity index (χ4v) is 4.27. The summed E-state index contributed by atoms with van der Waals surface area (Å²) in [4.78, 5) is 23.7. The van der Waals surface area contributed by atoms with Crippen LogP contribution < -0.4 is 14.4 Å². The number of carbonyl (C=O) groups excluding carboxylic acids is 2. The van der Waals surface area contributed by atoms with Gasteiger partial charge in [0.15, 0.2) is 13.2 Å². The maximum Gasteiger partial charge on any atom is 0.344 e. The molecule has 0 aliphatic rings. The predicted molar refractivity (Wildman–Crippen MR) is 133 cm³/mol. The van der Waals surface area contributed by atoms with Crippen LogP contribution in [0.4, 0.5) is 15.8 Å². The molecule has 8 nitrogen and oxygen atoms in total. The molecule has 0 aromatic heterocycles. The smallest absolute Gasteiger partial charge is 0.344 e. The van der Waals surface area contributed by atoms with E-state index in [4.69, 9.17) is 9.47 Å². The molecule has 1 amide bonds. The molecule has 0 spiro atoms. The summed E-state index contributed by atoms with van der Waals surface area (Å²) in [5.74, 6) is -1.45. The number of hydrogen-bond acceptors (Lipinski definition) is 6. The molecule has 1 N–H and O–H groups in total. The van der Waals surface area contributed by atoms with Crippen LogP contribution in [-0.2, 0) is 24.3 Å². The van der Waals surface area contributed by atoms with Crippen molar-refractivity contribution < 1.29 is 31.9 Å². The van der Waals surface area contributed by atoms with Gasteiger partial charge in [0.25, 0.3) is 15.9 Å². The van der Waals surface area contributed by atoms with Crippen LogP contribution in [-0.4, -0.2) is 40.6 Å². The Morgan fingerprint density at radius 3 is 2.18 bits per heavy atom. The number of amides is 1. The molecule has 178 valence electrons. The maximum atomic E-state index is 13.1. The van der Waals surface area contributed by atoms with Gasteiger partial charge in [0.2, 0.25) is 0 Å². The first-order valence-electron chi connectivity index (χ1n) is 9.83. The van der Waals surface area contributed by atoms with Crippen LogP contribution in [0, 0.1) is 9.39 Å². The average Bonchev–Trinajstić information content (AvgIpc) is 2.83. The Hall–Kier alpha value is -3.19. The van der Waals surface area contributed by atoms with Crippen LogP contribution in [0.1, 0.15) is 0 Å². The van der Waals surface area contributed by atoms with Gasteiger partial charge < -0.3 is 14.8 Å². The highest BCUT2D eigenvalue weighted by molar-refractivity contribution is 14.1. The first-order valence-corrected chi connectivity index (χ1v) is 12.4. The van der Waals surface area contributed by atoms with Gasteiger partial charge in [0.1, 0.15) is 11.6 Å². The van der Waals surface area contributed by atoms with Gasteiger partial charge in [-0.3, -0.25) is 9.10 Å². The molecule has 3 aromatic carbocycles. The second-order valence-electron chi connectivity index (χ2n) is 6.92. The summed E-state index contributed by atoms with van der Waals surface area (Å²) in [6.45, 7) is -0.890. The van der Waals surface area contributed by atoms with Crippen molar-refractivity contribution in [3.63, 3.8) is 0 Å². The Kier molecular flexibility index (Phi) is 8.45. The van der Waals surface area contributed by atoms with Crippen molar-refractivity contribution in [2.75, 3.05) is 29.9 Å². The zero-order valence-electron chi connectivity index (χ0n) is 17.9. The first kappa shape index (κ1) is 25.4. The molecule has 0 atom stereocenters. The lowest BCUT2D eigenvalue weighted by atomic mass is 10.3. The predicted octanol–water partition coefficient (Wildman–Crippen LogP) is 3.82. The number of nitrogens with one attached hydrogen (secondary N) is 1. The zero-order valence-corrected chi connectivity index (χ0v) is 20.9. The summed E-state index contributed by atoms with van der Waals surface area (Å²) in [5, 5.41) is 2.61. The third-order valence-electron chi connectivity index (χ3n) is 4.52. The summed E-state index contributed by atoms with van der Waals surface area (Å²) in [7, 11) is -2.51. The molecule has 0 aliphatic heterocycles. The van der Waals surface area contributed by atoms with Crippen molar-refractivity contribution in [3.05, 3.63) is 82.2 Å². The molecular formula is C23H20FIN2O6S. The van der Waals surface area contributed by atoms with E-state index >= 15 is 0 Å². The van der Waals surface area contributed by atoms with E-state index in [-0.39, 0.29) is 4.90 Å². The topological polar surface area (TPSA) is 102 Å². The molecule has 0 bridgehead atoms. The molecule has 0 heterocycles. The van der Waals surface area contributed by atoms with E-state index in [1.54, 1.807) is 12.1 Å². The van der Waals surface area contributed by atoms with E-state index < -0.39 is 40.9 Å². The second-order valence-corrected chi connectivity index (χ2v) is 10.1. The number of halogens is 2. The van der Waals surface area contributed by atoms with Crippen molar-refractivity contribution in [3.8, 4) is 5.75 Å². The van der Waals surface area contributed by atoms with E-state index in [0.29, 0.717) is 17.1 Å². The number of esters is 1. The van der Waals surface area contributed by atoms with Crippen molar-refractivity contribution in [2.45, 2.75) is 4.90 Å². The highest BCUT2D eigenvalue weighted by Gasteiger charge is 2.21. The number of carbonyl (C=O) groups is 2. The first-order chi connectivity index (χ1) is 16.1. The number of anilines is 2. The number of nitrogens with zero attached hydrogens (tertiary/aromatic N) is 1. The van der Waals surface area contributed by atoms with Gasteiger partial charge in [-0.05, 0) is 95.4 Å². The van der Waals surface area contributed by atoms with Crippen LogP contribution >= 0.6 is 22.6 Å². The van der Waals surface area contributed by atoms with Crippen molar-refractivity contribution in [2.24, 2.45) is 0 Å². The zero-order chi connectivity index (χ0) is 24.7. The summed E-state index contributed by atoms with van der Waals surface area (Å²) < 4.78 is 50.7. The number of hydrogen-bond donors (Lipinski definition) is 1. The van der Waals surface area contributed by atoms with Crippen LogP contribution in [0.2, 0.25) is 0 Å². The highest BCUT2D eigenvalue weighted by Crippen LogP contribution is 2.24. The Labute approximate surface area is 209 Å². The van der Waals surface area contributed by atoms with Crippen molar-refractivity contribution in [1.82, 2.24) is 0 Å². The standard InChI is InChI=1S/C23H20FIN2O6S/c1-27(34(30,31)21-12-2-16(24)3-13-21)19-8-10-20(11-9-19)32-15-23(29)33-14-22(28)26-18-6-4-17(25)5-7-18/h2-13H,14-15H2,1H3,(H,26,28). The maximum absolute atomic E-state index is 13.1. The molecule has 3 aromatic rings. The molecule has 11 heteroatoms. The van der Waals surface area contributed by atoms with Crippen LogP contribution in [0.3, 0.4) is 0 Å². The monoisotopic (exact) mass is 598 g/mol. The average molecular weight is 598 g/mol. The molecule has 34 heavy (non-hydrogen) atoms. The third kappa shape index (κ3) is 6.90. The fraction of sp³-hybridized carbons (Fsp3) is 0.130. The van der Waals surface area contributed by atoms with Gasteiger partial charge in [-0.2, -0.15) is 0 Å². The minimum Gasteiger partial charge on any atom is -0.482 e. The second kappa shape index (κ2) is 11.3. The van der Waals surface area contributed by atoms with Gasteiger partial charge in [-0.15, -0.1) is 0 Å². The van der Waals surface area contributed by atoms with Gasteiger partial charge >= 0.3 is 5.97 Å². The quantitative estimate of drug-likeness (QED) is 0.297. The lowest BCUT2D eigenvalue weighted by Crippen LogP contribution is -2.26. The molecule has 0 saturated carbocycles. The molecular weight excluding hydrogens is 578 g/mol. The van der Waals surface area contributed by atoms with Crippen LogP contribution in [0.15, 0.2) is 77.7 Å². The lowest BCUT2D eigenvalue weighted by molar-refractivity contribution is -0.149. The Morgan fingerprint density at radius 1 is 0.941 bits per heavy atom. The normalized spacial score (nSPS) is 10.9. The van der Waals surface area contributed by atoms with Crippen molar-refractivity contribution in [1.29, 1.82) is 0 Å². The Bertz CT molecular complexity index is 1250. The highest BCUT2D eigenvalue weighted by atomic mass is 127. The Morgan fingerprint density at radius 2 is 1.56 bits per heavy atom. The van der Waals surface area contributed by atoms with Crippen molar-refractivity contribution >= 4 is 55.9 Å². The van der Waals surface area contributed by atoms with Crippen LogP contribution in [0.5, 0.6) is 5.75 Å². The van der Waals surface area contributed by atoms with E-state index in [9.17, 15) is 22.4 Å². The SMILES string of the molecule is CN(c1ccc(OCC(=O)OCC(=O)Nc2ccc(I)cc2)cc1)S(=O)(=O)c1ccc(F)cc1. The van der Waals surface area contributed by atoms with Crippen LogP contribution in [0.25, 0.3) is 0 Å². The number of sulfonamides is 1.